The maximum absolute atomic E-state index is 12.5. The number of thiazole rings is 1. The van der Waals surface area contributed by atoms with Crippen LogP contribution in [-0.2, 0) is 4.79 Å². The minimum Gasteiger partial charge on any atom is -0.451 e. The standard InChI is InChI=1S/C21H17N3O3S/c1-12-3-8-18-15(9-12)10-19(27-18)20(26)24-21-23-17(11-28-21)14-4-6-16(7-5-14)22-13(2)25/h3-11H,1-2H3,(H,22,25)(H,23,24,26). The van der Waals surface area contributed by atoms with Gasteiger partial charge in [0.2, 0.25) is 5.91 Å². The van der Waals surface area contributed by atoms with Crippen LogP contribution in [0, 0.1) is 6.92 Å². The molecule has 2 heterocycles. The van der Waals surface area contributed by atoms with E-state index in [-0.39, 0.29) is 17.6 Å². The molecule has 0 aliphatic rings. The molecule has 0 aliphatic heterocycles. The third-order valence-electron chi connectivity index (χ3n) is 4.12. The van der Waals surface area contributed by atoms with Crippen molar-refractivity contribution >= 4 is 44.9 Å². The quantitative estimate of drug-likeness (QED) is 0.508. The molecule has 0 radical (unpaired) electrons. The number of hydrogen-bond donors (Lipinski definition) is 2. The van der Waals surface area contributed by atoms with E-state index in [1.165, 1.54) is 18.3 Å². The molecule has 2 aromatic carbocycles. The van der Waals surface area contributed by atoms with Gasteiger partial charge in [-0.05, 0) is 37.3 Å². The van der Waals surface area contributed by atoms with Gasteiger partial charge in [0.05, 0.1) is 5.69 Å². The smallest absolute Gasteiger partial charge is 0.293 e. The van der Waals surface area contributed by atoms with Crippen molar-refractivity contribution in [2.45, 2.75) is 13.8 Å². The Hall–Kier alpha value is -3.45. The lowest BCUT2D eigenvalue weighted by molar-refractivity contribution is -0.114. The maximum Gasteiger partial charge on any atom is 0.293 e. The molecular weight excluding hydrogens is 374 g/mol. The average molecular weight is 391 g/mol. The molecule has 0 aliphatic carbocycles. The summed E-state index contributed by atoms with van der Waals surface area (Å²) in [7, 11) is 0. The Morgan fingerprint density at radius 2 is 1.82 bits per heavy atom. The van der Waals surface area contributed by atoms with E-state index in [4.69, 9.17) is 4.42 Å². The number of amides is 2. The molecule has 0 unspecified atom stereocenters. The van der Waals surface area contributed by atoms with Crippen molar-refractivity contribution in [2.24, 2.45) is 0 Å². The molecule has 0 atom stereocenters. The summed E-state index contributed by atoms with van der Waals surface area (Å²) < 4.78 is 5.62. The van der Waals surface area contributed by atoms with E-state index in [2.05, 4.69) is 15.6 Å². The van der Waals surface area contributed by atoms with Crippen LogP contribution in [0.15, 0.2) is 58.3 Å². The van der Waals surface area contributed by atoms with E-state index in [1.807, 2.05) is 54.8 Å². The summed E-state index contributed by atoms with van der Waals surface area (Å²) in [6, 6.07) is 14.9. The summed E-state index contributed by atoms with van der Waals surface area (Å²) in [5.41, 5.74) is 4.14. The fraction of sp³-hybridized carbons (Fsp3) is 0.0952. The minimum absolute atomic E-state index is 0.118. The van der Waals surface area contributed by atoms with Crippen LogP contribution in [0.1, 0.15) is 23.0 Å². The highest BCUT2D eigenvalue weighted by Crippen LogP contribution is 2.27. The molecule has 2 N–H and O–H groups in total. The van der Waals surface area contributed by atoms with Crippen LogP contribution in [0.5, 0.6) is 0 Å². The molecule has 0 saturated heterocycles. The highest BCUT2D eigenvalue weighted by atomic mass is 32.1. The highest BCUT2D eigenvalue weighted by Gasteiger charge is 2.15. The molecule has 0 spiro atoms. The zero-order valence-electron chi connectivity index (χ0n) is 15.3. The molecule has 28 heavy (non-hydrogen) atoms. The van der Waals surface area contributed by atoms with Gasteiger partial charge in [0.25, 0.3) is 5.91 Å². The zero-order chi connectivity index (χ0) is 19.7. The van der Waals surface area contributed by atoms with E-state index in [1.54, 1.807) is 6.07 Å². The first-order chi connectivity index (χ1) is 13.5. The second-order valence-electron chi connectivity index (χ2n) is 6.40. The molecule has 2 aromatic heterocycles. The third-order valence-corrected chi connectivity index (χ3v) is 4.88. The van der Waals surface area contributed by atoms with Crippen LogP contribution in [0.2, 0.25) is 0 Å². The number of furan rings is 1. The summed E-state index contributed by atoms with van der Waals surface area (Å²) >= 11 is 1.34. The van der Waals surface area contributed by atoms with E-state index in [0.29, 0.717) is 10.7 Å². The summed E-state index contributed by atoms with van der Waals surface area (Å²) in [4.78, 5) is 28.0. The van der Waals surface area contributed by atoms with Crippen LogP contribution in [-0.4, -0.2) is 16.8 Å². The van der Waals surface area contributed by atoms with Crippen LogP contribution in [0.3, 0.4) is 0 Å². The summed E-state index contributed by atoms with van der Waals surface area (Å²) in [6.07, 6.45) is 0. The van der Waals surface area contributed by atoms with Gasteiger partial charge in [-0.15, -0.1) is 11.3 Å². The number of anilines is 2. The monoisotopic (exact) mass is 391 g/mol. The molecule has 6 nitrogen and oxygen atoms in total. The number of aryl methyl sites for hydroxylation is 1. The Labute approximate surface area is 165 Å². The summed E-state index contributed by atoms with van der Waals surface area (Å²) in [5.74, 6) is -0.208. The largest absolute Gasteiger partial charge is 0.451 e. The molecule has 4 rings (SSSR count). The van der Waals surface area contributed by atoms with Gasteiger partial charge in [-0.1, -0.05) is 23.8 Å². The van der Waals surface area contributed by atoms with Crippen molar-refractivity contribution in [3.05, 3.63) is 65.2 Å². The van der Waals surface area contributed by atoms with Crippen molar-refractivity contribution in [3.8, 4) is 11.3 Å². The third kappa shape index (κ3) is 3.79. The van der Waals surface area contributed by atoms with Gasteiger partial charge in [-0.2, -0.15) is 0 Å². The second-order valence-corrected chi connectivity index (χ2v) is 7.26. The average Bonchev–Trinajstić information content (AvgIpc) is 3.28. The van der Waals surface area contributed by atoms with Gasteiger partial charge < -0.3 is 9.73 Å². The van der Waals surface area contributed by atoms with E-state index >= 15 is 0 Å². The number of carbonyl (C=O) groups excluding carboxylic acids is 2. The molecule has 7 heteroatoms. The van der Waals surface area contributed by atoms with Crippen LogP contribution in [0.4, 0.5) is 10.8 Å². The minimum atomic E-state index is -0.337. The van der Waals surface area contributed by atoms with Gasteiger partial charge >= 0.3 is 0 Å². The normalized spacial score (nSPS) is 10.8. The van der Waals surface area contributed by atoms with E-state index < -0.39 is 0 Å². The zero-order valence-corrected chi connectivity index (χ0v) is 16.1. The van der Waals surface area contributed by atoms with Crippen LogP contribution in [0.25, 0.3) is 22.2 Å². The van der Waals surface area contributed by atoms with Crippen molar-refractivity contribution < 1.29 is 14.0 Å². The lowest BCUT2D eigenvalue weighted by atomic mass is 10.1. The fourth-order valence-electron chi connectivity index (χ4n) is 2.82. The predicted octanol–water partition coefficient (Wildman–Crippen LogP) is 5.08. The van der Waals surface area contributed by atoms with Crippen molar-refractivity contribution in [2.75, 3.05) is 10.6 Å². The van der Waals surface area contributed by atoms with Crippen molar-refractivity contribution in [3.63, 3.8) is 0 Å². The first kappa shape index (κ1) is 17.9. The molecule has 2 amide bonds. The molecular formula is C21H17N3O3S. The second kappa shape index (κ2) is 7.28. The van der Waals surface area contributed by atoms with E-state index in [9.17, 15) is 9.59 Å². The Bertz CT molecular complexity index is 1180. The molecule has 0 fully saturated rings. The number of nitrogens with one attached hydrogen (secondary N) is 2. The first-order valence-corrected chi connectivity index (χ1v) is 9.51. The van der Waals surface area contributed by atoms with Crippen LogP contribution >= 0.6 is 11.3 Å². The number of carbonyl (C=O) groups is 2. The van der Waals surface area contributed by atoms with Gasteiger partial charge in [0.15, 0.2) is 10.9 Å². The summed E-state index contributed by atoms with van der Waals surface area (Å²) in [5, 5.41) is 8.75. The van der Waals surface area contributed by atoms with Gasteiger partial charge in [0.1, 0.15) is 5.58 Å². The lowest BCUT2D eigenvalue weighted by Crippen LogP contribution is -2.10. The predicted molar refractivity (Wildman–Crippen MR) is 111 cm³/mol. The Kier molecular flexibility index (Phi) is 4.67. The highest BCUT2D eigenvalue weighted by molar-refractivity contribution is 7.14. The van der Waals surface area contributed by atoms with Gasteiger partial charge in [-0.3, -0.25) is 14.9 Å². The first-order valence-electron chi connectivity index (χ1n) is 8.63. The number of rotatable bonds is 4. The SMILES string of the molecule is CC(=O)Nc1ccc(-c2csc(NC(=O)c3cc4cc(C)ccc4o3)n2)cc1. The number of hydrogen-bond acceptors (Lipinski definition) is 5. The number of aromatic nitrogens is 1. The Balaban J connectivity index is 1.49. The maximum atomic E-state index is 12.5. The van der Waals surface area contributed by atoms with Crippen molar-refractivity contribution in [1.29, 1.82) is 0 Å². The molecule has 140 valence electrons. The summed E-state index contributed by atoms with van der Waals surface area (Å²) in [6.45, 7) is 3.46. The molecule has 0 saturated carbocycles. The topological polar surface area (TPSA) is 84.2 Å². The number of fused-ring (bicyclic) bond motifs is 1. The Morgan fingerprint density at radius 3 is 2.57 bits per heavy atom. The van der Waals surface area contributed by atoms with Gasteiger partial charge in [0, 0.05) is 28.9 Å². The van der Waals surface area contributed by atoms with E-state index in [0.717, 1.165) is 27.9 Å². The molecule has 0 bridgehead atoms. The fourth-order valence-corrected chi connectivity index (χ4v) is 3.54. The van der Waals surface area contributed by atoms with Crippen LogP contribution < -0.4 is 10.6 Å². The Morgan fingerprint density at radius 1 is 1.04 bits per heavy atom. The van der Waals surface area contributed by atoms with Crippen molar-refractivity contribution in [1.82, 2.24) is 4.98 Å². The van der Waals surface area contributed by atoms with Gasteiger partial charge in [-0.25, -0.2) is 4.98 Å². The lowest BCUT2D eigenvalue weighted by Gasteiger charge is -2.02. The number of nitrogens with zero attached hydrogens (tertiary/aromatic N) is 1. The molecule has 4 aromatic rings. The number of benzene rings is 2.